The Labute approximate surface area is 158 Å². The molecule has 0 aliphatic carbocycles. The van der Waals surface area contributed by atoms with Crippen molar-refractivity contribution in [2.24, 2.45) is 0 Å². The Morgan fingerprint density at radius 1 is 0.750 bits per heavy atom. The quantitative estimate of drug-likeness (QED) is 0.440. The van der Waals surface area contributed by atoms with Crippen molar-refractivity contribution >= 4 is 49.2 Å². The highest BCUT2D eigenvalue weighted by Gasteiger charge is 2.21. The standard InChI is InChI=1S/C14H32N4O2P2S2/c1-7-21(19,8-2)15-13(23)17(5)11-12-18(6)14(24)16-22(20,9-3)10-4/h7-12H2,1-6H3,(H,15,19,23)(H,16,20,24). The lowest BCUT2D eigenvalue weighted by Crippen LogP contribution is -2.43. The molecule has 0 atom stereocenters. The van der Waals surface area contributed by atoms with E-state index in [1.54, 1.807) is 0 Å². The zero-order valence-electron chi connectivity index (χ0n) is 15.7. The molecule has 0 fully saturated rings. The van der Waals surface area contributed by atoms with Gasteiger partial charge in [0.2, 0.25) is 0 Å². The van der Waals surface area contributed by atoms with Gasteiger partial charge in [0.05, 0.1) is 0 Å². The van der Waals surface area contributed by atoms with Crippen LogP contribution in [-0.2, 0) is 9.13 Å². The van der Waals surface area contributed by atoms with Gasteiger partial charge in [-0.2, -0.15) is 0 Å². The van der Waals surface area contributed by atoms with Crippen LogP contribution in [-0.4, -0.2) is 71.9 Å². The van der Waals surface area contributed by atoms with E-state index in [1.807, 2.05) is 51.6 Å². The Bertz CT molecular complexity index is 469. The minimum atomic E-state index is -2.42. The molecule has 0 aromatic rings. The molecule has 0 bridgehead atoms. The topological polar surface area (TPSA) is 64.7 Å². The van der Waals surface area contributed by atoms with Crippen molar-refractivity contribution in [2.45, 2.75) is 27.7 Å². The Balaban J connectivity index is 4.51. The molecule has 24 heavy (non-hydrogen) atoms. The van der Waals surface area contributed by atoms with E-state index in [9.17, 15) is 9.13 Å². The molecule has 0 saturated heterocycles. The summed E-state index contributed by atoms with van der Waals surface area (Å²) in [5, 5.41) is 6.98. The van der Waals surface area contributed by atoms with Crippen LogP contribution in [0.2, 0.25) is 0 Å². The Hall–Kier alpha value is -0.160. The zero-order chi connectivity index (χ0) is 19.0. The number of likely N-dealkylation sites (N-methyl/N-ethyl adjacent to an activating group) is 2. The monoisotopic (exact) mass is 414 g/mol. The van der Waals surface area contributed by atoms with Crippen molar-refractivity contribution in [3.8, 4) is 0 Å². The van der Waals surface area contributed by atoms with E-state index in [4.69, 9.17) is 24.4 Å². The van der Waals surface area contributed by atoms with Gasteiger partial charge in [0.25, 0.3) is 0 Å². The maximum Gasteiger partial charge on any atom is 0.174 e. The van der Waals surface area contributed by atoms with E-state index in [1.165, 1.54) is 0 Å². The Morgan fingerprint density at radius 2 is 1.00 bits per heavy atom. The third-order valence-electron chi connectivity index (χ3n) is 4.11. The van der Waals surface area contributed by atoms with Gasteiger partial charge in [-0.1, -0.05) is 27.7 Å². The highest BCUT2D eigenvalue weighted by Crippen LogP contribution is 2.40. The molecule has 0 aliphatic rings. The first-order valence-corrected chi connectivity index (χ1v) is 13.3. The van der Waals surface area contributed by atoms with Crippen molar-refractivity contribution < 1.29 is 9.13 Å². The summed E-state index contributed by atoms with van der Waals surface area (Å²) in [7, 11) is -1.11. The molecule has 0 amide bonds. The number of hydrogen-bond donors (Lipinski definition) is 2. The fourth-order valence-corrected chi connectivity index (χ4v) is 5.53. The summed E-state index contributed by atoms with van der Waals surface area (Å²) in [5.41, 5.74) is 0. The second-order valence-electron chi connectivity index (χ2n) is 5.72. The summed E-state index contributed by atoms with van der Waals surface area (Å²) in [5.74, 6) is 0. The summed E-state index contributed by atoms with van der Waals surface area (Å²) in [6, 6.07) is 0. The zero-order valence-corrected chi connectivity index (χ0v) is 19.1. The number of nitrogens with zero attached hydrogens (tertiary/aromatic N) is 2. The van der Waals surface area contributed by atoms with Crippen LogP contribution in [0.15, 0.2) is 0 Å². The van der Waals surface area contributed by atoms with Gasteiger partial charge in [0, 0.05) is 51.8 Å². The smallest absolute Gasteiger partial charge is 0.174 e. The summed E-state index contributed by atoms with van der Waals surface area (Å²) in [6.07, 6.45) is 2.31. The summed E-state index contributed by atoms with van der Waals surface area (Å²) >= 11 is 10.7. The molecule has 0 heterocycles. The van der Waals surface area contributed by atoms with Gasteiger partial charge < -0.3 is 29.1 Å². The molecule has 0 radical (unpaired) electrons. The van der Waals surface area contributed by atoms with Crippen molar-refractivity contribution in [3.05, 3.63) is 0 Å². The normalized spacial score (nSPS) is 11.8. The largest absolute Gasteiger partial charge is 0.350 e. The molecule has 0 saturated carbocycles. The first kappa shape index (κ1) is 23.8. The predicted molar refractivity (Wildman–Crippen MR) is 114 cm³/mol. The predicted octanol–water partition coefficient (Wildman–Crippen LogP) is 3.23. The maximum absolute atomic E-state index is 12.4. The van der Waals surface area contributed by atoms with Gasteiger partial charge in [-0.3, -0.25) is 0 Å². The van der Waals surface area contributed by atoms with E-state index in [-0.39, 0.29) is 0 Å². The Kier molecular flexibility index (Phi) is 10.7. The first-order valence-electron chi connectivity index (χ1n) is 8.29. The van der Waals surface area contributed by atoms with Crippen LogP contribution in [0.25, 0.3) is 0 Å². The molecule has 0 aromatic heterocycles. The molecule has 142 valence electrons. The van der Waals surface area contributed by atoms with Gasteiger partial charge in [-0.25, -0.2) is 0 Å². The van der Waals surface area contributed by atoms with Crippen LogP contribution in [0, 0.1) is 0 Å². The van der Waals surface area contributed by atoms with Crippen LogP contribution in [0.5, 0.6) is 0 Å². The van der Waals surface area contributed by atoms with Gasteiger partial charge in [0.15, 0.2) is 24.8 Å². The van der Waals surface area contributed by atoms with E-state index in [0.717, 1.165) is 0 Å². The number of nitrogens with one attached hydrogen (secondary N) is 2. The highest BCUT2D eigenvalue weighted by molar-refractivity contribution is 7.81. The number of rotatable bonds is 9. The summed E-state index contributed by atoms with van der Waals surface area (Å²) < 4.78 is 24.9. The number of thiocarbonyl (C=S) groups is 2. The van der Waals surface area contributed by atoms with Gasteiger partial charge in [-0.05, 0) is 24.4 Å². The lowest BCUT2D eigenvalue weighted by atomic mass is 10.5. The lowest BCUT2D eigenvalue weighted by Gasteiger charge is -2.29. The van der Waals surface area contributed by atoms with Crippen molar-refractivity contribution in [2.75, 3.05) is 51.8 Å². The first-order chi connectivity index (χ1) is 11.1. The van der Waals surface area contributed by atoms with E-state index < -0.39 is 14.6 Å². The second-order valence-corrected chi connectivity index (χ2v) is 13.0. The average molecular weight is 415 g/mol. The fraction of sp³-hybridized carbons (Fsp3) is 0.857. The molecule has 0 unspecified atom stereocenters. The van der Waals surface area contributed by atoms with E-state index in [2.05, 4.69) is 10.2 Å². The average Bonchev–Trinajstić information content (AvgIpc) is 2.58. The van der Waals surface area contributed by atoms with Crippen LogP contribution >= 0.6 is 39.0 Å². The van der Waals surface area contributed by atoms with E-state index in [0.29, 0.717) is 48.0 Å². The highest BCUT2D eigenvalue weighted by atomic mass is 32.1. The number of hydrogen-bond acceptors (Lipinski definition) is 4. The second kappa shape index (κ2) is 10.7. The molecule has 6 nitrogen and oxygen atoms in total. The van der Waals surface area contributed by atoms with Crippen molar-refractivity contribution in [1.82, 2.24) is 20.0 Å². The Morgan fingerprint density at radius 3 is 1.21 bits per heavy atom. The van der Waals surface area contributed by atoms with Crippen LogP contribution in [0.1, 0.15) is 27.7 Å². The third-order valence-corrected chi connectivity index (χ3v) is 10.6. The summed E-state index contributed by atoms with van der Waals surface area (Å²) in [6.45, 7) is 8.85. The van der Waals surface area contributed by atoms with E-state index >= 15 is 0 Å². The molecular weight excluding hydrogens is 382 g/mol. The summed E-state index contributed by atoms with van der Waals surface area (Å²) in [4.78, 5) is 3.71. The molecule has 2 N–H and O–H groups in total. The molecule has 0 aliphatic heterocycles. The SMILES string of the molecule is CCP(=O)(CC)NC(=S)N(C)CCN(C)C(=S)NP(=O)(CC)CC. The molecule has 10 heteroatoms. The molecule has 0 rings (SSSR count). The molecular formula is C14H32N4O2P2S2. The van der Waals surface area contributed by atoms with Crippen LogP contribution in [0.4, 0.5) is 0 Å². The van der Waals surface area contributed by atoms with Gasteiger partial charge in [0.1, 0.15) is 0 Å². The third kappa shape index (κ3) is 7.81. The maximum atomic E-state index is 12.4. The van der Waals surface area contributed by atoms with Crippen molar-refractivity contribution in [3.63, 3.8) is 0 Å². The van der Waals surface area contributed by atoms with Crippen LogP contribution in [0.3, 0.4) is 0 Å². The van der Waals surface area contributed by atoms with Gasteiger partial charge >= 0.3 is 0 Å². The van der Waals surface area contributed by atoms with Crippen LogP contribution < -0.4 is 10.2 Å². The molecule has 0 spiro atoms. The van der Waals surface area contributed by atoms with Gasteiger partial charge in [-0.15, -0.1) is 0 Å². The lowest BCUT2D eigenvalue weighted by molar-refractivity contribution is 0.410. The molecule has 0 aromatic carbocycles. The van der Waals surface area contributed by atoms with Crippen molar-refractivity contribution in [1.29, 1.82) is 0 Å². The minimum absolute atomic E-state index is 0.488. The fourth-order valence-electron chi connectivity index (χ4n) is 1.79. The minimum Gasteiger partial charge on any atom is -0.350 e.